The number of amides is 1. The molecule has 2 aromatic rings. The molecular formula is C30H41NO5. The van der Waals surface area contributed by atoms with Crippen molar-refractivity contribution in [2.75, 3.05) is 14.1 Å². The molecule has 0 saturated heterocycles. The molecule has 2 rings (SSSR count). The van der Waals surface area contributed by atoms with Crippen LogP contribution in [0.25, 0.3) is 11.1 Å². The lowest BCUT2D eigenvalue weighted by atomic mass is 9.86. The van der Waals surface area contributed by atoms with Gasteiger partial charge in [0, 0.05) is 19.7 Å². The summed E-state index contributed by atoms with van der Waals surface area (Å²) in [5, 5.41) is 9.85. The van der Waals surface area contributed by atoms with Crippen molar-refractivity contribution in [1.82, 2.24) is 4.90 Å². The second-order valence-corrected chi connectivity index (χ2v) is 10.7. The first-order valence-electron chi connectivity index (χ1n) is 12.8. The fourth-order valence-corrected chi connectivity index (χ4v) is 4.12. The SMILES string of the molecule is CCCC[C@@H](C[C@H](CCc1ccc(-c2ccc(C(=O)N(C)C)cc2)cc1)C(=O)O)C(=O)OC(C)(C)C. The predicted octanol–water partition coefficient (Wildman–Crippen LogP) is 6.23. The molecule has 0 unspecified atom stereocenters. The molecule has 0 aliphatic heterocycles. The predicted molar refractivity (Wildman–Crippen MR) is 143 cm³/mol. The highest BCUT2D eigenvalue weighted by Crippen LogP contribution is 2.27. The number of rotatable bonds is 12. The molecule has 6 nitrogen and oxygen atoms in total. The Morgan fingerprint density at radius 1 is 0.889 bits per heavy atom. The topological polar surface area (TPSA) is 83.9 Å². The number of carbonyl (C=O) groups is 3. The molecule has 2 aromatic carbocycles. The van der Waals surface area contributed by atoms with Gasteiger partial charge in [-0.15, -0.1) is 0 Å². The van der Waals surface area contributed by atoms with Gasteiger partial charge in [-0.2, -0.15) is 0 Å². The zero-order valence-electron chi connectivity index (χ0n) is 22.5. The van der Waals surface area contributed by atoms with Gasteiger partial charge in [0.1, 0.15) is 5.60 Å². The van der Waals surface area contributed by atoms with Crippen molar-refractivity contribution in [2.24, 2.45) is 11.8 Å². The summed E-state index contributed by atoms with van der Waals surface area (Å²) in [4.78, 5) is 38.4. The highest BCUT2D eigenvalue weighted by Gasteiger charge is 2.30. The maximum atomic E-state index is 12.7. The molecule has 6 heteroatoms. The number of nitrogens with zero attached hydrogens (tertiary/aromatic N) is 1. The summed E-state index contributed by atoms with van der Waals surface area (Å²) >= 11 is 0. The van der Waals surface area contributed by atoms with E-state index in [1.54, 1.807) is 19.0 Å². The van der Waals surface area contributed by atoms with Crippen LogP contribution in [0, 0.1) is 11.8 Å². The van der Waals surface area contributed by atoms with Gasteiger partial charge in [0.15, 0.2) is 0 Å². The second-order valence-electron chi connectivity index (χ2n) is 10.7. The van der Waals surface area contributed by atoms with E-state index in [1.165, 1.54) is 0 Å². The van der Waals surface area contributed by atoms with Crippen molar-refractivity contribution in [1.29, 1.82) is 0 Å². The number of benzene rings is 2. The molecule has 0 heterocycles. The summed E-state index contributed by atoms with van der Waals surface area (Å²) in [6.07, 6.45) is 3.81. The minimum atomic E-state index is -0.871. The second kappa shape index (κ2) is 13.2. The molecule has 36 heavy (non-hydrogen) atoms. The first-order valence-corrected chi connectivity index (χ1v) is 12.8. The van der Waals surface area contributed by atoms with Gasteiger partial charge in [-0.25, -0.2) is 0 Å². The fraction of sp³-hybridized carbons (Fsp3) is 0.500. The van der Waals surface area contributed by atoms with Crippen molar-refractivity contribution in [3.05, 3.63) is 59.7 Å². The number of hydrogen-bond acceptors (Lipinski definition) is 4. The minimum Gasteiger partial charge on any atom is -0.481 e. The number of carboxylic acids is 1. The van der Waals surface area contributed by atoms with Crippen LogP contribution in [-0.4, -0.2) is 47.5 Å². The number of aliphatic carboxylic acids is 1. The Kier molecular flexibility index (Phi) is 10.7. The van der Waals surface area contributed by atoms with Gasteiger partial charge in [-0.3, -0.25) is 14.4 Å². The lowest BCUT2D eigenvalue weighted by Gasteiger charge is -2.25. The summed E-state index contributed by atoms with van der Waals surface area (Å²) in [5.41, 5.74) is 3.14. The van der Waals surface area contributed by atoms with E-state index in [-0.39, 0.29) is 11.9 Å². The molecule has 2 atom stereocenters. The fourth-order valence-electron chi connectivity index (χ4n) is 4.12. The van der Waals surface area contributed by atoms with Crippen molar-refractivity contribution in [2.45, 2.75) is 71.8 Å². The van der Waals surface area contributed by atoms with E-state index < -0.39 is 23.4 Å². The summed E-state index contributed by atoms with van der Waals surface area (Å²) in [6.45, 7) is 7.55. The van der Waals surface area contributed by atoms with E-state index in [1.807, 2.05) is 69.3 Å². The number of aryl methyl sites for hydroxylation is 1. The summed E-state index contributed by atoms with van der Waals surface area (Å²) in [6, 6.07) is 15.5. The third-order valence-electron chi connectivity index (χ3n) is 6.17. The van der Waals surface area contributed by atoms with Crippen LogP contribution < -0.4 is 0 Å². The smallest absolute Gasteiger partial charge is 0.309 e. The molecule has 0 saturated carbocycles. The first-order chi connectivity index (χ1) is 16.9. The Labute approximate surface area is 215 Å². The molecule has 0 bridgehead atoms. The summed E-state index contributed by atoms with van der Waals surface area (Å²) < 4.78 is 5.57. The molecule has 1 amide bonds. The average Bonchev–Trinajstić information content (AvgIpc) is 2.82. The van der Waals surface area contributed by atoms with Gasteiger partial charge in [0.05, 0.1) is 11.8 Å². The van der Waals surface area contributed by atoms with E-state index in [0.717, 1.165) is 29.5 Å². The van der Waals surface area contributed by atoms with Crippen LogP contribution in [0.1, 0.15) is 75.7 Å². The first kappa shape index (κ1) is 29.1. The number of carboxylic acid groups (broad SMARTS) is 1. The maximum Gasteiger partial charge on any atom is 0.309 e. The standard InChI is InChI=1S/C30H41NO5/c1-7-8-9-26(29(35)36-30(2,3)4)20-25(28(33)34)15-12-21-10-13-22(14-11-21)23-16-18-24(19-17-23)27(32)31(5)6/h10-11,13-14,16-19,25-26H,7-9,12,15,20H2,1-6H3,(H,33,34)/t25-,26-/m0/s1. The highest BCUT2D eigenvalue weighted by atomic mass is 16.6. The Bertz CT molecular complexity index is 1000. The summed E-state index contributed by atoms with van der Waals surface area (Å²) in [7, 11) is 3.46. The quantitative estimate of drug-likeness (QED) is 0.353. The maximum absolute atomic E-state index is 12.7. The van der Waals surface area contributed by atoms with Gasteiger partial charge in [-0.05, 0) is 75.3 Å². The molecule has 0 aliphatic rings. The molecule has 0 aromatic heterocycles. The van der Waals surface area contributed by atoms with Crippen molar-refractivity contribution >= 4 is 17.8 Å². The summed E-state index contributed by atoms with van der Waals surface area (Å²) in [5.74, 6) is -2.22. The molecule has 1 N–H and O–H groups in total. The zero-order chi connectivity index (χ0) is 26.9. The highest BCUT2D eigenvalue weighted by molar-refractivity contribution is 5.94. The largest absolute Gasteiger partial charge is 0.481 e. The molecule has 0 spiro atoms. The van der Waals surface area contributed by atoms with E-state index >= 15 is 0 Å². The lowest BCUT2D eigenvalue weighted by molar-refractivity contribution is -0.161. The van der Waals surface area contributed by atoms with Crippen LogP contribution in [0.3, 0.4) is 0 Å². The van der Waals surface area contributed by atoms with Crippen molar-refractivity contribution in [3.63, 3.8) is 0 Å². The van der Waals surface area contributed by atoms with Gasteiger partial charge >= 0.3 is 11.9 Å². The number of ether oxygens (including phenoxy) is 1. The van der Waals surface area contributed by atoms with Crippen LogP contribution in [0.15, 0.2) is 48.5 Å². The van der Waals surface area contributed by atoms with E-state index in [4.69, 9.17) is 4.74 Å². The van der Waals surface area contributed by atoms with E-state index in [2.05, 4.69) is 6.92 Å². The number of esters is 1. The van der Waals surface area contributed by atoms with Crippen LogP contribution >= 0.6 is 0 Å². The zero-order valence-corrected chi connectivity index (χ0v) is 22.5. The third-order valence-corrected chi connectivity index (χ3v) is 6.17. The van der Waals surface area contributed by atoms with Gasteiger partial charge in [0.25, 0.3) is 5.91 Å². The average molecular weight is 496 g/mol. The molecular weight excluding hydrogens is 454 g/mol. The van der Waals surface area contributed by atoms with Gasteiger partial charge in [0.2, 0.25) is 0 Å². The number of unbranched alkanes of at least 4 members (excludes halogenated alkanes) is 1. The van der Waals surface area contributed by atoms with Crippen molar-refractivity contribution in [3.8, 4) is 11.1 Å². The molecule has 0 fully saturated rings. The Morgan fingerprint density at radius 2 is 1.44 bits per heavy atom. The Morgan fingerprint density at radius 3 is 1.92 bits per heavy atom. The minimum absolute atomic E-state index is 0.0338. The molecule has 196 valence electrons. The lowest BCUT2D eigenvalue weighted by Crippen LogP contribution is -2.31. The van der Waals surface area contributed by atoms with Gasteiger partial charge < -0.3 is 14.7 Å². The number of hydrogen-bond donors (Lipinski definition) is 1. The van der Waals surface area contributed by atoms with E-state index in [0.29, 0.717) is 31.2 Å². The van der Waals surface area contributed by atoms with Crippen LogP contribution in [0.4, 0.5) is 0 Å². The third kappa shape index (κ3) is 9.14. The molecule has 0 aliphatic carbocycles. The monoisotopic (exact) mass is 495 g/mol. The van der Waals surface area contributed by atoms with Crippen molar-refractivity contribution < 1.29 is 24.2 Å². The Balaban J connectivity index is 2.04. The van der Waals surface area contributed by atoms with Crippen LogP contribution in [0.2, 0.25) is 0 Å². The normalized spacial score (nSPS) is 13.1. The van der Waals surface area contributed by atoms with Crippen LogP contribution in [-0.2, 0) is 20.7 Å². The molecule has 0 radical (unpaired) electrons. The van der Waals surface area contributed by atoms with Gasteiger partial charge in [-0.1, -0.05) is 56.2 Å². The van der Waals surface area contributed by atoms with E-state index in [9.17, 15) is 19.5 Å². The Hall–Kier alpha value is -3.15. The number of carbonyl (C=O) groups excluding carboxylic acids is 2. The van der Waals surface area contributed by atoms with Crippen LogP contribution in [0.5, 0.6) is 0 Å².